The number of rotatable bonds is 5. The highest BCUT2D eigenvalue weighted by molar-refractivity contribution is 7.92. The molecule has 0 aliphatic rings. The fourth-order valence-electron chi connectivity index (χ4n) is 2.06. The number of aryl methyl sites for hydroxylation is 1. The average Bonchev–Trinajstić information content (AvgIpc) is 2.47. The van der Waals surface area contributed by atoms with Crippen LogP contribution in [0.4, 0.5) is 10.1 Å². The lowest BCUT2D eigenvalue weighted by atomic mass is 10.3. The first kappa shape index (κ1) is 17.1. The number of benzene rings is 1. The van der Waals surface area contributed by atoms with Crippen LogP contribution in [0.3, 0.4) is 0 Å². The van der Waals surface area contributed by atoms with Gasteiger partial charge in [0.25, 0.3) is 0 Å². The number of pyridine rings is 1. The van der Waals surface area contributed by atoms with Gasteiger partial charge in [0.05, 0.1) is 10.1 Å². The van der Waals surface area contributed by atoms with Crippen LogP contribution in [0, 0.1) is 12.7 Å². The normalized spacial score (nSPS) is 12.7. The SMILES string of the molecule is Cc1cc(NC(=O)C[C@@H](C)S(=O)(=O)c2ccc(F)cc2)ccn1. The monoisotopic (exact) mass is 336 g/mol. The highest BCUT2D eigenvalue weighted by Crippen LogP contribution is 2.19. The molecule has 1 aromatic heterocycles. The second kappa shape index (κ2) is 6.87. The van der Waals surface area contributed by atoms with Crippen molar-refractivity contribution >= 4 is 21.4 Å². The number of sulfone groups is 1. The Bertz CT molecular complexity index is 804. The van der Waals surface area contributed by atoms with E-state index in [9.17, 15) is 17.6 Å². The van der Waals surface area contributed by atoms with Crippen LogP contribution >= 0.6 is 0 Å². The molecule has 0 saturated heterocycles. The Hall–Kier alpha value is -2.28. The second-order valence-corrected chi connectivity index (χ2v) is 7.61. The Morgan fingerprint density at radius 2 is 1.91 bits per heavy atom. The Kier molecular flexibility index (Phi) is 5.10. The highest BCUT2D eigenvalue weighted by Gasteiger charge is 2.25. The van der Waals surface area contributed by atoms with Crippen LogP contribution in [-0.2, 0) is 14.6 Å². The molecule has 0 aliphatic heterocycles. The van der Waals surface area contributed by atoms with Gasteiger partial charge in [-0.25, -0.2) is 12.8 Å². The molecule has 0 saturated carbocycles. The lowest BCUT2D eigenvalue weighted by Crippen LogP contribution is -2.25. The number of nitrogens with one attached hydrogen (secondary N) is 1. The van der Waals surface area contributed by atoms with Gasteiger partial charge in [-0.2, -0.15) is 0 Å². The minimum absolute atomic E-state index is 0.000967. The van der Waals surface area contributed by atoms with E-state index in [1.807, 2.05) is 0 Å². The van der Waals surface area contributed by atoms with E-state index in [-0.39, 0.29) is 11.3 Å². The third kappa shape index (κ3) is 4.35. The number of amides is 1. The zero-order chi connectivity index (χ0) is 17.0. The fraction of sp³-hybridized carbons (Fsp3) is 0.250. The maximum absolute atomic E-state index is 12.9. The van der Waals surface area contributed by atoms with Gasteiger partial charge in [0.2, 0.25) is 5.91 Å². The van der Waals surface area contributed by atoms with Gasteiger partial charge in [-0.3, -0.25) is 9.78 Å². The number of aromatic nitrogens is 1. The summed E-state index contributed by atoms with van der Waals surface area (Å²) in [6.45, 7) is 3.24. The zero-order valence-electron chi connectivity index (χ0n) is 12.8. The van der Waals surface area contributed by atoms with Gasteiger partial charge >= 0.3 is 0 Å². The summed E-state index contributed by atoms with van der Waals surface area (Å²) < 4.78 is 37.6. The summed E-state index contributed by atoms with van der Waals surface area (Å²) in [7, 11) is -3.69. The maximum atomic E-state index is 12.9. The summed E-state index contributed by atoms with van der Waals surface area (Å²) in [5.74, 6) is -0.920. The molecule has 1 aromatic carbocycles. The minimum Gasteiger partial charge on any atom is -0.326 e. The van der Waals surface area contributed by atoms with Crippen molar-refractivity contribution < 1.29 is 17.6 Å². The van der Waals surface area contributed by atoms with Crippen LogP contribution in [-0.4, -0.2) is 24.6 Å². The molecule has 0 spiro atoms. The van der Waals surface area contributed by atoms with Crippen molar-refractivity contribution in [2.75, 3.05) is 5.32 Å². The molecule has 7 heteroatoms. The molecule has 1 amide bonds. The molecule has 0 unspecified atom stereocenters. The Balaban J connectivity index is 2.06. The number of carbonyl (C=O) groups is 1. The summed E-state index contributed by atoms with van der Waals surface area (Å²) >= 11 is 0. The molecule has 1 N–H and O–H groups in total. The predicted molar refractivity (Wildman–Crippen MR) is 85.3 cm³/mol. The topological polar surface area (TPSA) is 76.1 Å². The number of anilines is 1. The molecular formula is C16H17FN2O3S. The van der Waals surface area contributed by atoms with Crippen LogP contribution in [0.2, 0.25) is 0 Å². The molecule has 5 nitrogen and oxygen atoms in total. The van der Waals surface area contributed by atoms with Crippen LogP contribution < -0.4 is 5.32 Å². The summed E-state index contributed by atoms with van der Waals surface area (Å²) in [5, 5.41) is 1.72. The molecule has 23 heavy (non-hydrogen) atoms. The first-order valence-corrected chi connectivity index (χ1v) is 8.55. The minimum atomic E-state index is -3.69. The van der Waals surface area contributed by atoms with Gasteiger partial charge in [-0.15, -0.1) is 0 Å². The summed E-state index contributed by atoms with van der Waals surface area (Å²) in [6, 6.07) is 7.89. The third-order valence-electron chi connectivity index (χ3n) is 3.33. The van der Waals surface area contributed by atoms with Gasteiger partial charge < -0.3 is 5.32 Å². The molecule has 122 valence electrons. The molecule has 2 rings (SSSR count). The van der Waals surface area contributed by atoms with Crippen molar-refractivity contribution in [3.05, 3.63) is 54.1 Å². The standard InChI is InChI=1S/C16H17FN2O3S/c1-11-9-14(7-8-18-11)19-16(20)10-12(2)23(21,22)15-5-3-13(17)4-6-15/h3-9,12H,10H2,1-2H3,(H,18,19,20)/t12-/m1/s1. The van der Waals surface area contributed by atoms with Gasteiger partial charge in [-0.1, -0.05) is 0 Å². The van der Waals surface area contributed by atoms with Gasteiger partial charge in [0, 0.05) is 24.0 Å². The smallest absolute Gasteiger partial charge is 0.225 e. The van der Waals surface area contributed by atoms with Crippen molar-refractivity contribution in [3.8, 4) is 0 Å². The quantitative estimate of drug-likeness (QED) is 0.852. The molecule has 2 aromatic rings. The largest absolute Gasteiger partial charge is 0.326 e. The van der Waals surface area contributed by atoms with Crippen molar-refractivity contribution in [1.29, 1.82) is 0 Å². The van der Waals surface area contributed by atoms with E-state index in [0.29, 0.717) is 5.69 Å². The van der Waals surface area contributed by atoms with E-state index in [1.165, 1.54) is 19.1 Å². The maximum Gasteiger partial charge on any atom is 0.225 e. The first-order valence-electron chi connectivity index (χ1n) is 7.01. The zero-order valence-corrected chi connectivity index (χ0v) is 13.6. The second-order valence-electron chi connectivity index (χ2n) is 5.25. The Morgan fingerprint density at radius 3 is 2.52 bits per heavy atom. The molecule has 0 radical (unpaired) electrons. The number of nitrogens with zero attached hydrogens (tertiary/aromatic N) is 1. The van der Waals surface area contributed by atoms with Crippen molar-refractivity contribution in [1.82, 2.24) is 4.98 Å². The molecule has 0 aliphatic carbocycles. The summed E-state index contributed by atoms with van der Waals surface area (Å²) in [6.07, 6.45) is 1.37. The average molecular weight is 336 g/mol. The van der Waals surface area contributed by atoms with E-state index in [1.54, 1.807) is 25.3 Å². The van der Waals surface area contributed by atoms with Crippen molar-refractivity contribution in [2.24, 2.45) is 0 Å². The van der Waals surface area contributed by atoms with Crippen molar-refractivity contribution in [2.45, 2.75) is 30.4 Å². The summed E-state index contributed by atoms with van der Waals surface area (Å²) in [4.78, 5) is 16.0. The van der Waals surface area contributed by atoms with E-state index >= 15 is 0 Å². The number of carbonyl (C=O) groups excluding carboxylic acids is 1. The molecule has 1 heterocycles. The number of halogens is 1. The Labute approximate surface area is 134 Å². The highest BCUT2D eigenvalue weighted by atomic mass is 32.2. The molecular weight excluding hydrogens is 319 g/mol. The number of hydrogen-bond acceptors (Lipinski definition) is 4. The van der Waals surface area contributed by atoms with Gasteiger partial charge in [0.15, 0.2) is 9.84 Å². The molecule has 0 bridgehead atoms. The lowest BCUT2D eigenvalue weighted by molar-refractivity contribution is -0.116. The first-order chi connectivity index (χ1) is 10.8. The number of hydrogen-bond donors (Lipinski definition) is 1. The fourth-order valence-corrected chi connectivity index (χ4v) is 3.41. The predicted octanol–water partition coefficient (Wildman–Crippen LogP) is 2.72. The van der Waals surface area contributed by atoms with E-state index < -0.39 is 26.8 Å². The van der Waals surface area contributed by atoms with Crippen molar-refractivity contribution in [3.63, 3.8) is 0 Å². The van der Waals surface area contributed by atoms with E-state index in [2.05, 4.69) is 10.3 Å². The lowest BCUT2D eigenvalue weighted by Gasteiger charge is -2.13. The van der Waals surface area contributed by atoms with Crippen LogP contribution in [0.5, 0.6) is 0 Å². The van der Waals surface area contributed by atoms with Crippen LogP contribution in [0.25, 0.3) is 0 Å². The third-order valence-corrected chi connectivity index (χ3v) is 5.48. The molecule has 0 fully saturated rings. The Morgan fingerprint density at radius 1 is 1.26 bits per heavy atom. The van der Waals surface area contributed by atoms with Gasteiger partial charge in [-0.05, 0) is 50.2 Å². The van der Waals surface area contributed by atoms with E-state index in [4.69, 9.17) is 0 Å². The van der Waals surface area contributed by atoms with E-state index in [0.717, 1.165) is 17.8 Å². The van der Waals surface area contributed by atoms with Crippen LogP contribution in [0.15, 0.2) is 47.5 Å². The van der Waals surface area contributed by atoms with Gasteiger partial charge in [0.1, 0.15) is 5.82 Å². The molecule has 1 atom stereocenters. The van der Waals surface area contributed by atoms with Crippen LogP contribution in [0.1, 0.15) is 19.0 Å². The summed E-state index contributed by atoms with van der Waals surface area (Å²) in [5.41, 5.74) is 1.31.